The lowest BCUT2D eigenvalue weighted by molar-refractivity contribution is 0.415. The van der Waals surface area contributed by atoms with Crippen molar-refractivity contribution < 1.29 is 4.74 Å². The number of ether oxygens (including phenoxy) is 1. The van der Waals surface area contributed by atoms with Gasteiger partial charge in [0.15, 0.2) is 11.0 Å². The fourth-order valence-electron chi connectivity index (χ4n) is 1.67. The van der Waals surface area contributed by atoms with Crippen LogP contribution in [-0.4, -0.2) is 27.1 Å². The first kappa shape index (κ1) is 13.9. The minimum absolute atomic E-state index is 0.548. The van der Waals surface area contributed by atoms with Gasteiger partial charge in [-0.1, -0.05) is 25.6 Å². The van der Waals surface area contributed by atoms with Gasteiger partial charge in [0.05, 0.1) is 7.11 Å². The highest BCUT2D eigenvalue weighted by molar-refractivity contribution is 7.99. The molecule has 0 aliphatic heterocycles. The van der Waals surface area contributed by atoms with Gasteiger partial charge in [-0.3, -0.25) is 0 Å². The maximum atomic E-state index is 5.16. The molecule has 0 radical (unpaired) electrons. The fraction of sp³-hybridized carbons (Fsp3) is 0.429. The van der Waals surface area contributed by atoms with E-state index in [1.54, 1.807) is 18.9 Å². The highest BCUT2D eigenvalue weighted by Gasteiger charge is 2.13. The Morgan fingerprint density at radius 3 is 2.53 bits per heavy atom. The van der Waals surface area contributed by atoms with E-state index < -0.39 is 0 Å². The van der Waals surface area contributed by atoms with E-state index in [1.165, 1.54) is 0 Å². The van der Waals surface area contributed by atoms with E-state index >= 15 is 0 Å². The zero-order valence-electron chi connectivity index (χ0n) is 11.8. The van der Waals surface area contributed by atoms with Crippen molar-refractivity contribution in [2.45, 2.75) is 30.7 Å². The number of aromatic nitrogens is 3. The number of methoxy groups -OCH3 is 1. The van der Waals surface area contributed by atoms with Crippen LogP contribution >= 0.6 is 11.8 Å². The number of hydrogen-bond donors (Lipinski definition) is 0. The molecule has 19 heavy (non-hydrogen) atoms. The van der Waals surface area contributed by atoms with Crippen LogP contribution in [0.4, 0.5) is 0 Å². The van der Waals surface area contributed by atoms with Gasteiger partial charge in [0.1, 0.15) is 5.75 Å². The lowest BCUT2D eigenvalue weighted by Crippen LogP contribution is -1.99. The highest BCUT2D eigenvalue weighted by Crippen LogP contribution is 2.27. The molecule has 1 aromatic heterocycles. The Morgan fingerprint density at radius 1 is 1.26 bits per heavy atom. The van der Waals surface area contributed by atoms with Gasteiger partial charge in [-0.25, -0.2) is 0 Å². The van der Waals surface area contributed by atoms with Crippen molar-refractivity contribution in [2.75, 3.05) is 7.11 Å². The van der Waals surface area contributed by atoms with E-state index in [0.717, 1.165) is 28.7 Å². The van der Waals surface area contributed by atoms with Crippen LogP contribution in [-0.2, 0) is 7.05 Å². The summed E-state index contributed by atoms with van der Waals surface area (Å²) < 4.78 is 7.20. The maximum Gasteiger partial charge on any atom is 0.191 e. The molecule has 0 aliphatic rings. The van der Waals surface area contributed by atoms with E-state index in [2.05, 4.69) is 24.0 Å². The molecule has 1 heterocycles. The zero-order chi connectivity index (χ0) is 13.8. The van der Waals surface area contributed by atoms with E-state index in [0.29, 0.717) is 5.25 Å². The van der Waals surface area contributed by atoms with Crippen molar-refractivity contribution in [1.29, 1.82) is 0 Å². The van der Waals surface area contributed by atoms with Gasteiger partial charge < -0.3 is 9.30 Å². The third-order valence-corrected chi connectivity index (χ3v) is 4.37. The smallest absolute Gasteiger partial charge is 0.191 e. The number of benzene rings is 1. The Kier molecular flexibility index (Phi) is 4.47. The molecule has 1 unspecified atom stereocenters. The average molecular weight is 277 g/mol. The second kappa shape index (κ2) is 6.10. The van der Waals surface area contributed by atoms with Gasteiger partial charge in [-0.05, 0) is 30.7 Å². The summed E-state index contributed by atoms with van der Waals surface area (Å²) in [4.78, 5) is 0. The van der Waals surface area contributed by atoms with Crippen molar-refractivity contribution in [3.63, 3.8) is 0 Å². The second-order valence-electron chi connectivity index (χ2n) is 4.43. The van der Waals surface area contributed by atoms with Gasteiger partial charge in [0.25, 0.3) is 0 Å². The van der Waals surface area contributed by atoms with Crippen molar-refractivity contribution in [3.8, 4) is 17.1 Å². The molecule has 1 aromatic carbocycles. The molecule has 4 nitrogen and oxygen atoms in total. The topological polar surface area (TPSA) is 39.9 Å². The molecule has 0 saturated carbocycles. The molecule has 2 rings (SSSR count). The van der Waals surface area contributed by atoms with Crippen LogP contribution in [0.5, 0.6) is 5.75 Å². The van der Waals surface area contributed by atoms with Crippen LogP contribution in [0.25, 0.3) is 11.4 Å². The first-order valence-electron chi connectivity index (χ1n) is 6.36. The summed E-state index contributed by atoms with van der Waals surface area (Å²) in [6, 6.07) is 7.87. The molecular formula is C14H19N3OS. The summed E-state index contributed by atoms with van der Waals surface area (Å²) in [5, 5.41) is 10.1. The van der Waals surface area contributed by atoms with Crippen LogP contribution in [0.2, 0.25) is 0 Å². The molecule has 102 valence electrons. The highest BCUT2D eigenvalue weighted by atomic mass is 32.2. The molecule has 0 aliphatic carbocycles. The Morgan fingerprint density at radius 2 is 1.95 bits per heavy atom. The van der Waals surface area contributed by atoms with Crippen LogP contribution in [0.3, 0.4) is 0 Å². The average Bonchev–Trinajstić information content (AvgIpc) is 2.80. The van der Waals surface area contributed by atoms with Gasteiger partial charge in [-0.2, -0.15) is 0 Å². The molecule has 0 bridgehead atoms. The Hall–Kier alpha value is -1.49. The first-order chi connectivity index (χ1) is 9.15. The SMILES string of the molecule is CCC(C)Sc1nnc(-c2ccc(OC)cc2)n1C. The Bertz CT molecular complexity index is 536. The standard InChI is InChI=1S/C14H19N3OS/c1-5-10(2)19-14-16-15-13(17(14)3)11-6-8-12(18-4)9-7-11/h6-10H,5H2,1-4H3. The molecule has 0 saturated heterocycles. The normalized spacial score (nSPS) is 12.4. The minimum Gasteiger partial charge on any atom is -0.497 e. The summed E-state index contributed by atoms with van der Waals surface area (Å²) in [5.74, 6) is 1.73. The molecule has 1 atom stereocenters. The molecule has 0 spiro atoms. The quantitative estimate of drug-likeness (QED) is 0.785. The Labute approximate surface area is 118 Å². The summed E-state index contributed by atoms with van der Waals surface area (Å²) in [5.41, 5.74) is 1.05. The van der Waals surface area contributed by atoms with Gasteiger partial charge in [0.2, 0.25) is 0 Å². The van der Waals surface area contributed by atoms with Crippen LogP contribution in [0, 0.1) is 0 Å². The molecule has 2 aromatic rings. The number of rotatable bonds is 5. The van der Waals surface area contributed by atoms with Gasteiger partial charge >= 0.3 is 0 Å². The second-order valence-corrected chi connectivity index (χ2v) is 5.84. The van der Waals surface area contributed by atoms with Crippen LogP contribution < -0.4 is 4.74 Å². The zero-order valence-corrected chi connectivity index (χ0v) is 12.6. The predicted octanol–water partition coefficient (Wildman–Crippen LogP) is 3.38. The Balaban J connectivity index is 2.25. The minimum atomic E-state index is 0.548. The van der Waals surface area contributed by atoms with Crippen molar-refractivity contribution in [1.82, 2.24) is 14.8 Å². The molecular weight excluding hydrogens is 258 g/mol. The van der Waals surface area contributed by atoms with Gasteiger partial charge in [-0.15, -0.1) is 10.2 Å². The summed E-state index contributed by atoms with van der Waals surface area (Å²) in [6.07, 6.45) is 1.12. The molecule has 5 heteroatoms. The van der Waals surface area contributed by atoms with E-state index in [4.69, 9.17) is 4.74 Å². The predicted molar refractivity (Wildman–Crippen MR) is 78.6 cm³/mol. The van der Waals surface area contributed by atoms with Crippen molar-refractivity contribution >= 4 is 11.8 Å². The van der Waals surface area contributed by atoms with Crippen molar-refractivity contribution in [3.05, 3.63) is 24.3 Å². The van der Waals surface area contributed by atoms with Crippen LogP contribution in [0.1, 0.15) is 20.3 Å². The third-order valence-electron chi connectivity index (χ3n) is 3.06. The molecule has 0 N–H and O–H groups in total. The first-order valence-corrected chi connectivity index (χ1v) is 7.24. The number of thioether (sulfide) groups is 1. The fourth-order valence-corrected chi connectivity index (χ4v) is 2.53. The lowest BCUT2D eigenvalue weighted by atomic mass is 10.2. The number of nitrogens with zero attached hydrogens (tertiary/aromatic N) is 3. The monoisotopic (exact) mass is 277 g/mol. The summed E-state index contributed by atoms with van der Waals surface area (Å²) in [6.45, 7) is 4.38. The summed E-state index contributed by atoms with van der Waals surface area (Å²) >= 11 is 1.76. The largest absolute Gasteiger partial charge is 0.497 e. The maximum absolute atomic E-state index is 5.16. The van der Waals surface area contributed by atoms with Crippen molar-refractivity contribution in [2.24, 2.45) is 7.05 Å². The summed E-state index contributed by atoms with van der Waals surface area (Å²) in [7, 11) is 3.67. The van der Waals surface area contributed by atoms with Crippen LogP contribution in [0.15, 0.2) is 29.4 Å². The molecule has 0 amide bonds. The number of hydrogen-bond acceptors (Lipinski definition) is 4. The van der Waals surface area contributed by atoms with E-state index in [-0.39, 0.29) is 0 Å². The van der Waals surface area contributed by atoms with E-state index in [9.17, 15) is 0 Å². The lowest BCUT2D eigenvalue weighted by Gasteiger charge is -2.08. The third kappa shape index (κ3) is 3.10. The van der Waals surface area contributed by atoms with E-state index in [1.807, 2.05) is 35.9 Å². The molecule has 0 fully saturated rings. The van der Waals surface area contributed by atoms with Gasteiger partial charge in [0, 0.05) is 17.9 Å².